The Balaban J connectivity index is 1.42. The molecule has 0 fully saturated rings. The quantitative estimate of drug-likeness (QED) is 0.392. The summed E-state index contributed by atoms with van der Waals surface area (Å²) in [5, 5.41) is 0. The summed E-state index contributed by atoms with van der Waals surface area (Å²) < 4.78 is 25.0. The van der Waals surface area contributed by atoms with E-state index in [1.807, 2.05) is 122 Å². The molecule has 0 saturated heterocycles. The monoisotopic (exact) mass is 502 g/mol. The molecule has 0 atom stereocenters. The van der Waals surface area contributed by atoms with Crippen LogP contribution in [0.25, 0.3) is 0 Å². The summed E-state index contributed by atoms with van der Waals surface area (Å²) in [7, 11) is -1.16. The fraction of sp³-hybridized carbons (Fsp3) is 0.133. The molecule has 0 amide bonds. The molecule has 4 aromatic rings. The predicted molar refractivity (Wildman–Crippen MR) is 155 cm³/mol. The third kappa shape index (κ3) is 7.00. The van der Waals surface area contributed by atoms with E-state index in [2.05, 4.69) is 9.98 Å². The molecule has 1 aliphatic rings. The van der Waals surface area contributed by atoms with Crippen molar-refractivity contribution in [1.82, 2.24) is 0 Å². The molecule has 1 aliphatic heterocycles. The molecule has 0 saturated carbocycles. The Morgan fingerprint density at radius 1 is 0.474 bits per heavy atom. The maximum absolute atomic E-state index is 6.34. The molecule has 0 unspecified atom stereocenters. The third-order valence-corrected chi connectivity index (χ3v) is 5.89. The lowest BCUT2D eigenvalue weighted by Crippen LogP contribution is -2.40. The van der Waals surface area contributed by atoms with Gasteiger partial charge in [0.05, 0.1) is 26.3 Å². The molecule has 6 nitrogen and oxygen atoms in total. The summed E-state index contributed by atoms with van der Waals surface area (Å²) in [4.78, 5) is 9.20. The Kier molecular flexibility index (Phi) is 9.01. The minimum absolute atomic E-state index is 0.380. The molecule has 0 spiro atoms. The second-order valence-corrected chi connectivity index (χ2v) is 8.61. The SMILES string of the molecule is C1=NCCOB(c2ccccc2)Oc2ccccc2C=NCCOB(c2ccccc2)Oc2ccccc21. The van der Waals surface area contributed by atoms with Crippen LogP contribution in [0, 0.1) is 0 Å². The highest BCUT2D eigenvalue weighted by atomic mass is 16.6. The molecule has 0 radical (unpaired) electrons. The third-order valence-electron chi connectivity index (χ3n) is 5.89. The molecule has 0 bridgehead atoms. The number of hydrogen-bond donors (Lipinski definition) is 0. The first-order chi connectivity index (χ1) is 18.9. The van der Waals surface area contributed by atoms with Crippen molar-refractivity contribution in [3.63, 3.8) is 0 Å². The lowest BCUT2D eigenvalue weighted by molar-refractivity contribution is 0.283. The van der Waals surface area contributed by atoms with Gasteiger partial charge in [-0.15, -0.1) is 0 Å². The van der Waals surface area contributed by atoms with E-state index < -0.39 is 14.2 Å². The molecular formula is C30H28B2N2O4. The molecule has 0 N–H and O–H groups in total. The summed E-state index contributed by atoms with van der Waals surface area (Å²) in [5.74, 6) is 1.38. The molecule has 4 aromatic carbocycles. The van der Waals surface area contributed by atoms with Gasteiger partial charge in [-0.3, -0.25) is 9.98 Å². The van der Waals surface area contributed by atoms with Gasteiger partial charge in [0.2, 0.25) is 0 Å². The van der Waals surface area contributed by atoms with Crippen LogP contribution in [0.1, 0.15) is 11.1 Å². The molecule has 0 aromatic heterocycles. The zero-order chi connectivity index (χ0) is 25.8. The van der Waals surface area contributed by atoms with Crippen LogP contribution in [0.15, 0.2) is 119 Å². The van der Waals surface area contributed by atoms with Gasteiger partial charge in [0.15, 0.2) is 0 Å². The average molecular weight is 502 g/mol. The molecule has 188 valence electrons. The van der Waals surface area contributed by atoms with Crippen molar-refractivity contribution in [1.29, 1.82) is 0 Å². The Morgan fingerprint density at radius 3 is 1.32 bits per heavy atom. The van der Waals surface area contributed by atoms with Crippen molar-refractivity contribution in [2.75, 3.05) is 26.3 Å². The normalized spacial score (nSPS) is 14.8. The van der Waals surface area contributed by atoms with Crippen LogP contribution in [0.4, 0.5) is 0 Å². The number of benzene rings is 4. The number of nitrogens with zero attached hydrogens (tertiary/aromatic N) is 2. The maximum atomic E-state index is 6.34. The Morgan fingerprint density at radius 2 is 0.868 bits per heavy atom. The average Bonchev–Trinajstić information content (AvgIpc) is 2.97. The van der Waals surface area contributed by atoms with Gasteiger partial charge in [-0.05, 0) is 35.2 Å². The van der Waals surface area contributed by atoms with Crippen molar-refractivity contribution in [2.45, 2.75) is 0 Å². The summed E-state index contributed by atoms with van der Waals surface area (Å²) in [6.45, 7) is 1.68. The van der Waals surface area contributed by atoms with Crippen LogP contribution in [0.5, 0.6) is 11.5 Å². The topological polar surface area (TPSA) is 61.6 Å². The predicted octanol–water partition coefficient (Wildman–Crippen LogP) is 3.82. The minimum atomic E-state index is -0.578. The van der Waals surface area contributed by atoms with E-state index in [1.165, 1.54) is 0 Å². The van der Waals surface area contributed by atoms with E-state index in [4.69, 9.17) is 18.6 Å². The fourth-order valence-corrected chi connectivity index (χ4v) is 3.99. The van der Waals surface area contributed by atoms with Crippen LogP contribution in [-0.2, 0) is 9.31 Å². The van der Waals surface area contributed by atoms with Gasteiger partial charge in [-0.25, -0.2) is 0 Å². The minimum Gasteiger partial charge on any atom is -0.532 e. The smallest absolute Gasteiger partial charge is 0.532 e. The maximum Gasteiger partial charge on any atom is 0.562 e. The first-order valence-electron chi connectivity index (χ1n) is 12.7. The van der Waals surface area contributed by atoms with Gasteiger partial charge >= 0.3 is 14.2 Å². The standard InChI is InChI=1S/C30H28B2N2O4/c1-3-13-27(14-4-1)31-35-21-19-33-24-26-12-8-10-18-30(26)38-32(28-15-5-2-6-16-28)36-22-20-34-23-25-11-7-9-17-29(25)37-31/h1-18,23-24H,19-22H2. The zero-order valence-corrected chi connectivity index (χ0v) is 21.1. The van der Waals surface area contributed by atoms with Gasteiger partial charge in [0.25, 0.3) is 0 Å². The number of para-hydroxylation sites is 2. The molecule has 5 rings (SSSR count). The summed E-state index contributed by atoms with van der Waals surface area (Å²) >= 11 is 0. The summed E-state index contributed by atoms with van der Waals surface area (Å²) in [6, 6.07) is 35.4. The Labute approximate surface area is 224 Å². The summed E-state index contributed by atoms with van der Waals surface area (Å²) in [5.41, 5.74) is 3.58. The van der Waals surface area contributed by atoms with Crippen molar-refractivity contribution in [3.8, 4) is 11.5 Å². The number of fused-ring (bicyclic) bond motifs is 2. The highest BCUT2D eigenvalue weighted by Crippen LogP contribution is 2.19. The lowest BCUT2D eigenvalue weighted by Gasteiger charge is -2.18. The molecule has 8 heteroatoms. The first kappa shape index (κ1) is 25.5. The second kappa shape index (κ2) is 13.4. The van der Waals surface area contributed by atoms with E-state index in [0.717, 1.165) is 22.1 Å². The largest absolute Gasteiger partial charge is 0.562 e. The molecule has 0 aliphatic carbocycles. The van der Waals surface area contributed by atoms with E-state index in [9.17, 15) is 0 Å². The van der Waals surface area contributed by atoms with Crippen molar-refractivity contribution >= 4 is 37.6 Å². The Bertz CT molecular complexity index is 1250. The van der Waals surface area contributed by atoms with Crippen molar-refractivity contribution in [2.24, 2.45) is 9.98 Å². The van der Waals surface area contributed by atoms with Gasteiger partial charge < -0.3 is 18.6 Å². The first-order valence-corrected chi connectivity index (χ1v) is 12.7. The highest BCUT2D eigenvalue weighted by Gasteiger charge is 2.25. The number of aliphatic imine (C=N–C) groups is 2. The van der Waals surface area contributed by atoms with Crippen LogP contribution in [0.2, 0.25) is 0 Å². The van der Waals surface area contributed by atoms with Crippen LogP contribution in [-0.4, -0.2) is 53.0 Å². The van der Waals surface area contributed by atoms with Crippen molar-refractivity contribution in [3.05, 3.63) is 120 Å². The highest BCUT2D eigenvalue weighted by molar-refractivity contribution is 6.62. The lowest BCUT2D eigenvalue weighted by atomic mass is 9.78. The Hall–Kier alpha value is -4.13. The molecule has 38 heavy (non-hydrogen) atoms. The van der Waals surface area contributed by atoms with E-state index in [0.29, 0.717) is 37.8 Å². The van der Waals surface area contributed by atoms with Crippen LogP contribution < -0.4 is 20.2 Å². The fourth-order valence-electron chi connectivity index (χ4n) is 3.99. The van der Waals surface area contributed by atoms with Gasteiger partial charge in [-0.1, -0.05) is 84.9 Å². The van der Waals surface area contributed by atoms with Gasteiger partial charge in [0, 0.05) is 23.6 Å². The van der Waals surface area contributed by atoms with Crippen molar-refractivity contribution < 1.29 is 18.6 Å². The number of hydrogen-bond acceptors (Lipinski definition) is 6. The van der Waals surface area contributed by atoms with Crippen LogP contribution >= 0.6 is 0 Å². The van der Waals surface area contributed by atoms with Gasteiger partial charge in [0.1, 0.15) is 11.5 Å². The summed E-state index contributed by atoms with van der Waals surface area (Å²) in [6.07, 6.45) is 3.61. The molecular weight excluding hydrogens is 474 g/mol. The van der Waals surface area contributed by atoms with E-state index >= 15 is 0 Å². The van der Waals surface area contributed by atoms with Crippen LogP contribution in [0.3, 0.4) is 0 Å². The number of rotatable bonds is 2. The van der Waals surface area contributed by atoms with Gasteiger partial charge in [-0.2, -0.15) is 0 Å². The van der Waals surface area contributed by atoms with E-state index in [1.54, 1.807) is 0 Å². The molecule has 1 heterocycles. The van der Waals surface area contributed by atoms with E-state index in [-0.39, 0.29) is 0 Å². The second-order valence-electron chi connectivity index (χ2n) is 8.61. The zero-order valence-electron chi connectivity index (χ0n) is 21.1.